The molecule has 0 unspecified atom stereocenters. The normalized spacial score (nSPS) is 11.1. The summed E-state index contributed by atoms with van der Waals surface area (Å²) in [6.45, 7) is 4.64. The van der Waals surface area contributed by atoms with Crippen LogP contribution in [0.15, 0.2) is 48.9 Å². The molecule has 0 saturated carbocycles. The second-order valence-electron chi connectivity index (χ2n) is 4.73. The summed E-state index contributed by atoms with van der Waals surface area (Å²) in [5.74, 6) is 1.07. The zero-order valence-electron chi connectivity index (χ0n) is 11.6. The quantitative estimate of drug-likeness (QED) is 0.772. The van der Waals surface area contributed by atoms with Gasteiger partial charge in [0.1, 0.15) is 5.82 Å². The number of hydrogen-bond acceptors (Lipinski definition) is 3. The molecule has 20 heavy (non-hydrogen) atoms. The summed E-state index contributed by atoms with van der Waals surface area (Å²) in [6.07, 6.45) is 5.70. The minimum Gasteiger partial charge on any atom is -0.334 e. The summed E-state index contributed by atoms with van der Waals surface area (Å²) in [7, 11) is 0. The van der Waals surface area contributed by atoms with Crippen LogP contribution in [-0.2, 0) is 19.6 Å². The van der Waals surface area contributed by atoms with Gasteiger partial charge < -0.3 is 9.88 Å². The van der Waals surface area contributed by atoms with E-state index in [1.165, 1.54) is 10.9 Å². The largest absolute Gasteiger partial charge is 0.334 e. The molecule has 2 aromatic heterocycles. The van der Waals surface area contributed by atoms with Crippen molar-refractivity contribution < 1.29 is 0 Å². The van der Waals surface area contributed by atoms with Crippen LogP contribution in [0.25, 0.3) is 10.9 Å². The maximum absolute atomic E-state index is 4.47. The Labute approximate surface area is 118 Å². The number of benzene rings is 1. The van der Waals surface area contributed by atoms with Crippen LogP contribution in [0.4, 0.5) is 0 Å². The lowest BCUT2D eigenvalue weighted by Gasteiger charge is -2.08. The SMILES string of the molecule is CCn1ccnc1CNCc1cccc2cccnc12. The minimum atomic E-state index is 0.768. The molecule has 0 spiro atoms. The second kappa shape index (κ2) is 5.84. The molecule has 4 heteroatoms. The van der Waals surface area contributed by atoms with Crippen molar-refractivity contribution in [3.05, 3.63) is 60.3 Å². The fourth-order valence-electron chi connectivity index (χ4n) is 2.41. The van der Waals surface area contributed by atoms with Crippen molar-refractivity contribution in [2.45, 2.75) is 26.6 Å². The van der Waals surface area contributed by atoms with Crippen LogP contribution < -0.4 is 5.32 Å². The van der Waals surface area contributed by atoms with Crippen molar-refractivity contribution in [1.29, 1.82) is 0 Å². The van der Waals surface area contributed by atoms with E-state index in [1.807, 2.05) is 24.7 Å². The summed E-state index contributed by atoms with van der Waals surface area (Å²) in [5, 5.41) is 4.63. The van der Waals surface area contributed by atoms with Crippen molar-refractivity contribution in [3.8, 4) is 0 Å². The van der Waals surface area contributed by atoms with Gasteiger partial charge in [0.2, 0.25) is 0 Å². The lowest BCUT2D eigenvalue weighted by atomic mass is 10.1. The summed E-state index contributed by atoms with van der Waals surface area (Å²) in [4.78, 5) is 8.84. The first-order valence-electron chi connectivity index (χ1n) is 6.92. The highest BCUT2D eigenvalue weighted by Gasteiger charge is 2.03. The Kier molecular flexibility index (Phi) is 3.74. The van der Waals surface area contributed by atoms with Crippen molar-refractivity contribution in [3.63, 3.8) is 0 Å². The fourth-order valence-corrected chi connectivity index (χ4v) is 2.41. The molecule has 0 fully saturated rings. The molecule has 3 aromatic rings. The topological polar surface area (TPSA) is 42.7 Å². The third kappa shape index (κ3) is 2.56. The van der Waals surface area contributed by atoms with E-state index in [2.05, 4.69) is 51.0 Å². The van der Waals surface area contributed by atoms with Crippen molar-refractivity contribution in [2.75, 3.05) is 0 Å². The lowest BCUT2D eigenvalue weighted by molar-refractivity contribution is 0.614. The third-order valence-corrected chi connectivity index (χ3v) is 3.46. The van der Waals surface area contributed by atoms with Crippen LogP contribution in [0.5, 0.6) is 0 Å². The van der Waals surface area contributed by atoms with Crippen LogP contribution >= 0.6 is 0 Å². The number of hydrogen-bond donors (Lipinski definition) is 1. The highest BCUT2D eigenvalue weighted by Crippen LogP contribution is 2.15. The van der Waals surface area contributed by atoms with Gasteiger partial charge in [0, 0.05) is 37.1 Å². The van der Waals surface area contributed by atoms with Gasteiger partial charge in [-0.2, -0.15) is 0 Å². The van der Waals surface area contributed by atoms with Gasteiger partial charge in [-0.05, 0) is 18.6 Å². The molecule has 102 valence electrons. The van der Waals surface area contributed by atoms with Crippen LogP contribution in [0.3, 0.4) is 0 Å². The van der Waals surface area contributed by atoms with E-state index in [0.29, 0.717) is 0 Å². The number of para-hydroxylation sites is 1. The van der Waals surface area contributed by atoms with E-state index in [4.69, 9.17) is 0 Å². The van der Waals surface area contributed by atoms with Crippen molar-refractivity contribution in [2.24, 2.45) is 0 Å². The zero-order chi connectivity index (χ0) is 13.8. The first-order chi connectivity index (χ1) is 9.88. The van der Waals surface area contributed by atoms with Gasteiger partial charge in [-0.1, -0.05) is 24.3 Å². The van der Waals surface area contributed by atoms with E-state index >= 15 is 0 Å². The number of imidazole rings is 1. The molecule has 0 bridgehead atoms. The Morgan fingerprint density at radius 1 is 1.05 bits per heavy atom. The van der Waals surface area contributed by atoms with E-state index in [0.717, 1.165) is 31.0 Å². The molecule has 0 aliphatic rings. The molecule has 1 aromatic carbocycles. The predicted octanol–water partition coefficient (Wildman–Crippen LogP) is 2.74. The van der Waals surface area contributed by atoms with Gasteiger partial charge in [0.05, 0.1) is 12.1 Å². The maximum atomic E-state index is 4.47. The molecule has 3 rings (SSSR count). The standard InChI is InChI=1S/C16H18N4/c1-2-20-10-9-18-15(20)12-17-11-14-6-3-5-13-7-4-8-19-16(13)14/h3-10,17H,2,11-12H2,1H3. The number of rotatable bonds is 5. The number of fused-ring (bicyclic) bond motifs is 1. The minimum absolute atomic E-state index is 0.768. The molecule has 1 N–H and O–H groups in total. The molecule has 0 aliphatic carbocycles. The average molecular weight is 266 g/mol. The summed E-state index contributed by atoms with van der Waals surface area (Å²) in [5.41, 5.74) is 2.29. The van der Waals surface area contributed by atoms with Gasteiger partial charge in [-0.25, -0.2) is 4.98 Å². The predicted molar refractivity (Wildman–Crippen MR) is 80.2 cm³/mol. The summed E-state index contributed by atoms with van der Waals surface area (Å²) < 4.78 is 2.15. The van der Waals surface area contributed by atoms with Gasteiger partial charge >= 0.3 is 0 Å². The number of nitrogens with zero attached hydrogens (tertiary/aromatic N) is 3. The molecular formula is C16H18N4. The smallest absolute Gasteiger partial charge is 0.122 e. The van der Waals surface area contributed by atoms with Gasteiger partial charge in [-0.3, -0.25) is 4.98 Å². The lowest BCUT2D eigenvalue weighted by Crippen LogP contribution is -2.16. The zero-order valence-corrected chi connectivity index (χ0v) is 11.6. The molecule has 0 atom stereocenters. The highest BCUT2D eigenvalue weighted by molar-refractivity contribution is 5.81. The fraction of sp³-hybridized carbons (Fsp3) is 0.250. The molecule has 0 amide bonds. The number of nitrogens with one attached hydrogen (secondary N) is 1. The monoisotopic (exact) mass is 266 g/mol. The van der Waals surface area contributed by atoms with Gasteiger partial charge in [0.15, 0.2) is 0 Å². The first-order valence-corrected chi connectivity index (χ1v) is 6.92. The van der Waals surface area contributed by atoms with Crippen LogP contribution in [0.1, 0.15) is 18.3 Å². The van der Waals surface area contributed by atoms with Crippen molar-refractivity contribution in [1.82, 2.24) is 19.9 Å². The number of aromatic nitrogens is 3. The van der Waals surface area contributed by atoms with E-state index < -0.39 is 0 Å². The molecule has 0 radical (unpaired) electrons. The summed E-state index contributed by atoms with van der Waals surface area (Å²) in [6, 6.07) is 10.4. The Morgan fingerprint density at radius 2 is 1.95 bits per heavy atom. The van der Waals surface area contributed by atoms with Gasteiger partial charge in [-0.15, -0.1) is 0 Å². The molecule has 0 aliphatic heterocycles. The Bertz CT molecular complexity index is 697. The Morgan fingerprint density at radius 3 is 2.85 bits per heavy atom. The van der Waals surface area contributed by atoms with E-state index in [9.17, 15) is 0 Å². The van der Waals surface area contributed by atoms with Crippen LogP contribution in [-0.4, -0.2) is 14.5 Å². The highest BCUT2D eigenvalue weighted by atomic mass is 15.1. The third-order valence-electron chi connectivity index (χ3n) is 3.46. The molecule has 2 heterocycles. The molecule has 0 saturated heterocycles. The number of pyridine rings is 1. The van der Waals surface area contributed by atoms with Crippen LogP contribution in [0, 0.1) is 0 Å². The summed E-state index contributed by atoms with van der Waals surface area (Å²) >= 11 is 0. The second-order valence-corrected chi connectivity index (χ2v) is 4.73. The average Bonchev–Trinajstić information content (AvgIpc) is 2.95. The Hall–Kier alpha value is -2.20. The first kappa shape index (κ1) is 12.8. The Balaban J connectivity index is 1.71. The van der Waals surface area contributed by atoms with E-state index in [1.54, 1.807) is 0 Å². The van der Waals surface area contributed by atoms with E-state index in [-0.39, 0.29) is 0 Å². The van der Waals surface area contributed by atoms with Gasteiger partial charge in [0.25, 0.3) is 0 Å². The number of aryl methyl sites for hydroxylation is 1. The molecular weight excluding hydrogens is 248 g/mol. The maximum Gasteiger partial charge on any atom is 0.122 e. The van der Waals surface area contributed by atoms with Crippen LogP contribution in [0.2, 0.25) is 0 Å². The van der Waals surface area contributed by atoms with Crippen molar-refractivity contribution >= 4 is 10.9 Å². The molecule has 4 nitrogen and oxygen atoms in total.